The van der Waals surface area contributed by atoms with Crippen LogP contribution in [0.1, 0.15) is 16.1 Å². The number of carbonyl (C=O) groups is 1. The lowest BCUT2D eigenvalue weighted by Crippen LogP contribution is -2.48. The largest absolute Gasteiger partial charge is 0.508 e. The molecule has 1 amide bonds. The van der Waals surface area contributed by atoms with Crippen molar-refractivity contribution in [3.05, 3.63) is 53.9 Å². The highest BCUT2D eigenvalue weighted by Crippen LogP contribution is 2.18. The van der Waals surface area contributed by atoms with Crippen LogP contribution in [0.3, 0.4) is 0 Å². The van der Waals surface area contributed by atoms with E-state index in [-0.39, 0.29) is 18.3 Å². The molecule has 0 atom stereocenters. The second-order valence-electron chi connectivity index (χ2n) is 5.49. The van der Waals surface area contributed by atoms with E-state index in [9.17, 15) is 9.90 Å². The van der Waals surface area contributed by atoms with Crippen LogP contribution in [-0.4, -0.2) is 52.2 Å². The average molecular weight is 313 g/mol. The van der Waals surface area contributed by atoms with Crippen LogP contribution in [0.4, 0.5) is 5.69 Å². The van der Waals surface area contributed by atoms with Crippen molar-refractivity contribution in [1.82, 2.24) is 9.88 Å². The molecule has 2 aromatic rings. The number of phenolic OH excluding ortho intramolecular Hbond substituents is 1. The molecule has 2 N–H and O–H groups in total. The lowest BCUT2D eigenvalue weighted by atomic mass is 10.1. The number of phenols is 1. The Bertz CT molecular complexity index is 680. The fourth-order valence-corrected chi connectivity index (χ4v) is 2.70. The second-order valence-corrected chi connectivity index (χ2v) is 5.49. The van der Waals surface area contributed by atoms with E-state index in [4.69, 9.17) is 5.11 Å². The Morgan fingerprint density at radius 1 is 1.09 bits per heavy atom. The van der Waals surface area contributed by atoms with Gasteiger partial charge in [0.15, 0.2) is 0 Å². The molecule has 0 aliphatic carbocycles. The van der Waals surface area contributed by atoms with Gasteiger partial charge in [-0.05, 0) is 36.4 Å². The molecule has 6 nitrogen and oxygen atoms in total. The number of piperazine rings is 1. The summed E-state index contributed by atoms with van der Waals surface area (Å²) in [6.07, 6.45) is 1.69. The number of anilines is 1. The molecule has 0 saturated carbocycles. The first-order chi connectivity index (χ1) is 11.2. The van der Waals surface area contributed by atoms with Crippen molar-refractivity contribution in [2.75, 3.05) is 31.1 Å². The summed E-state index contributed by atoms with van der Waals surface area (Å²) < 4.78 is 0. The fourth-order valence-electron chi connectivity index (χ4n) is 2.70. The molecular weight excluding hydrogens is 294 g/mol. The molecule has 1 aliphatic heterocycles. The number of aliphatic hydroxyl groups is 1. The summed E-state index contributed by atoms with van der Waals surface area (Å²) in [5.74, 6) is 0.138. The van der Waals surface area contributed by atoms with Crippen LogP contribution >= 0.6 is 0 Å². The summed E-state index contributed by atoms with van der Waals surface area (Å²) in [6.45, 7) is 2.66. The maximum atomic E-state index is 12.4. The number of carbonyl (C=O) groups excluding carboxylic acids is 1. The molecule has 120 valence electrons. The summed E-state index contributed by atoms with van der Waals surface area (Å²) in [7, 11) is 0. The molecule has 1 aromatic heterocycles. The van der Waals surface area contributed by atoms with Gasteiger partial charge in [-0.1, -0.05) is 0 Å². The highest BCUT2D eigenvalue weighted by atomic mass is 16.3. The number of nitrogens with zero attached hydrogens (tertiary/aromatic N) is 3. The van der Waals surface area contributed by atoms with Crippen LogP contribution in [0.15, 0.2) is 42.6 Å². The summed E-state index contributed by atoms with van der Waals surface area (Å²) in [5, 5.41) is 18.5. The molecule has 0 radical (unpaired) electrons. The van der Waals surface area contributed by atoms with Crippen molar-refractivity contribution in [3.8, 4) is 5.75 Å². The molecule has 6 heteroatoms. The monoisotopic (exact) mass is 313 g/mol. The molecule has 0 spiro atoms. The molecule has 2 heterocycles. The Morgan fingerprint density at radius 3 is 2.43 bits per heavy atom. The van der Waals surface area contributed by atoms with E-state index in [1.165, 1.54) is 12.1 Å². The molecule has 1 fully saturated rings. The first-order valence-corrected chi connectivity index (χ1v) is 7.56. The first kappa shape index (κ1) is 15.3. The second kappa shape index (κ2) is 6.66. The van der Waals surface area contributed by atoms with Crippen molar-refractivity contribution in [3.63, 3.8) is 0 Å². The van der Waals surface area contributed by atoms with Gasteiger partial charge in [-0.25, -0.2) is 0 Å². The zero-order chi connectivity index (χ0) is 16.2. The topological polar surface area (TPSA) is 76.9 Å². The summed E-state index contributed by atoms with van der Waals surface area (Å²) >= 11 is 0. The smallest absolute Gasteiger partial charge is 0.253 e. The van der Waals surface area contributed by atoms with Gasteiger partial charge in [-0.15, -0.1) is 0 Å². The Hall–Kier alpha value is -2.60. The van der Waals surface area contributed by atoms with Crippen molar-refractivity contribution in [2.24, 2.45) is 0 Å². The van der Waals surface area contributed by atoms with E-state index in [1.54, 1.807) is 18.3 Å². The average Bonchev–Trinajstić information content (AvgIpc) is 2.62. The lowest BCUT2D eigenvalue weighted by Gasteiger charge is -2.36. The summed E-state index contributed by atoms with van der Waals surface area (Å²) in [4.78, 5) is 20.5. The zero-order valence-corrected chi connectivity index (χ0v) is 12.7. The minimum Gasteiger partial charge on any atom is -0.508 e. The number of aromatic hydroxyl groups is 1. The number of hydrogen-bond donors (Lipinski definition) is 2. The van der Waals surface area contributed by atoms with E-state index in [1.807, 2.05) is 17.0 Å². The van der Waals surface area contributed by atoms with E-state index in [2.05, 4.69) is 9.88 Å². The first-order valence-electron chi connectivity index (χ1n) is 7.56. The standard InChI is InChI=1S/C17H19N3O3/c21-12-14-11-15(5-6-18-14)19-7-9-20(10-8-19)17(23)13-1-3-16(22)4-2-13/h1-6,11,21-22H,7-10,12H2. The Kier molecular flexibility index (Phi) is 4.43. The minimum absolute atomic E-state index is 0.0181. The molecule has 0 bridgehead atoms. The molecule has 23 heavy (non-hydrogen) atoms. The highest BCUT2D eigenvalue weighted by Gasteiger charge is 2.22. The third kappa shape index (κ3) is 3.43. The van der Waals surface area contributed by atoms with Crippen LogP contribution in [0.25, 0.3) is 0 Å². The van der Waals surface area contributed by atoms with Crippen LogP contribution in [-0.2, 0) is 6.61 Å². The van der Waals surface area contributed by atoms with Gasteiger partial charge < -0.3 is 20.0 Å². The predicted molar refractivity (Wildman–Crippen MR) is 86.4 cm³/mol. The maximum Gasteiger partial charge on any atom is 0.253 e. The number of rotatable bonds is 3. The molecule has 1 aromatic carbocycles. The van der Waals surface area contributed by atoms with E-state index in [0.29, 0.717) is 24.3 Å². The van der Waals surface area contributed by atoms with Gasteiger partial charge in [-0.3, -0.25) is 9.78 Å². The van der Waals surface area contributed by atoms with E-state index in [0.717, 1.165) is 18.8 Å². The van der Waals surface area contributed by atoms with Crippen molar-refractivity contribution in [2.45, 2.75) is 6.61 Å². The van der Waals surface area contributed by atoms with E-state index < -0.39 is 0 Å². The molecule has 3 rings (SSSR count). The lowest BCUT2D eigenvalue weighted by molar-refractivity contribution is 0.0747. The number of aromatic nitrogens is 1. The zero-order valence-electron chi connectivity index (χ0n) is 12.7. The molecule has 1 saturated heterocycles. The Labute approximate surface area is 134 Å². The van der Waals surface area contributed by atoms with Gasteiger partial charge >= 0.3 is 0 Å². The minimum atomic E-state index is -0.0762. The van der Waals surface area contributed by atoms with Gasteiger partial charge in [0.25, 0.3) is 5.91 Å². The van der Waals surface area contributed by atoms with Gasteiger partial charge in [-0.2, -0.15) is 0 Å². The highest BCUT2D eigenvalue weighted by molar-refractivity contribution is 5.94. The van der Waals surface area contributed by atoms with Gasteiger partial charge in [0.05, 0.1) is 12.3 Å². The third-order valence-corrected chi connectivity index (χ3v) is 4.01. The Morgan fingerprint density at radius 2 is 1.78 bits per heavy atom. The maximum absolute atomic E-state index is 12.4. The van der Waals surface area contributed by atoms with Gasteiger partial charge in [0, 0.05) is 43.6 Å². The number of hydrogen-bond acceptors (Lipinski definition) is 5. The Balaban J connectivity index is 1.63. The quantitative estimate of drug-likeness (QED) is 0.891. The van der Waals surface area contributed by atoms with Crippen LogP contribution in [0.5, 0.6) is 5.75 Å². The number of benzene rings is 1. The SMILES string of the molecule is O=C(c1ccc(O)cc1)N1CCN(c2ccnc(CO)c2)CC1. The van der Waals surface area contributed by atoms with Crippen LogP contribution in [0.2, 0.25) is 0 Å². The number of aliphatic hydroxyl groups excluding tert-OH is 1. The molecular formula is C17H19N3O3. The predicted octanol–water partition coefficient (Wildman–Crippen LogP) is 1.24. The molecule has 0 unspecified atom stereocenters. The summed E-state index contributed by atoms with van der Waals surface area (Å²) in [5.41, 5.74) is 2.24. The van der Waals surface area contributed by atoms with E-state index >= 15 is 0 Å². The van der Waals surface area contributed by atoms with Crippen molar-refractivity contribution >= 4 is 11.6 Å². The van der Waals surface area contributed by atoms with Crippen LogP contribution < -0.4 is 4.90 Å². The van der Waals surface area contributed by atoms with Crippen molar-refractivity contribution < 1.29 is 15.0 Å². The third-order valence-electron chi connectivity index (χ3n) is 4.01. The van der Waals surface area contributed by atoms with Crippen LogP contribution in [0, 0.1) is 0 Å². The number of pyridine rings is 1. The fraction of sp³-hybridized carbons (Fsp3) is 0.294. The van der Waals surface area contributed by atoms with Crippen molar-refractivity contribution in [1.29, 1.82) is 0 Å². The normalized spacial score (nSPS) is 14.8. The number of amides is 1. The van der Waals surface area contributed by atoms with Gasteiger partial charge in [0.1, 0.15) is 5.75 Å². The summed E-state index contributed by atoms with van der Waals surface area (Å²) in [6, 6.07) is 10.1. The van der Waals surface area contributed by atoms with Gasteiger partial charge in [0.2, 0.25) is 0 Å². The molecule has 1 aliphatic rings.